The lowest BCUT2D eigenvalue weighted by molar-refractivity contribution is -0.0595. The fourth-order valence-corrected chi connectivity index (χ4v) is 3.03. The molecule has 1 heterocycles. The first kappa shape index (κ1) is 12.4. The van der Waals surface area contributed by atoms with E-state index in [1.807, 2.05) is 0 Å². The number of hydrogen-bond acceptors (Lipinski definition) is 2. The molecule has 2 nitrogen and oxygen atoms in total. The zero-order valence-corrected chi connectivity index (χ0v) is 11.9. The average Bonchev–Trinajstić information content (AvgIpc) is 2.82. The van der Waals surface area contributed by atoms with Crippen LogP contribution in [0.3, 0.4) is 0 Å². The number of nitrogens with zero attached hydrogens (tertiary/aromatic N) is 1. The zero-order valence-electron chi connectivity index (χ0n) is 11.9. The average molecular weight is 224 g/mol. The Morgan fingerprint density at radius 3 is 1.94 bits per heavy atom. The number of nitrogens with one attached hydrogen (secondary N) is 1. The minimum absolute atomic E-state index is 0.237. The molecule has 1 aliphatic heterocycles. The third kappa shape index (κ3) is 2.14. The summed E-state index contributed by atoms with van der Waals surface area (Å²) >= 11 is 0. The molecule has 0 aromatic heterocycles. The van der Waals surface area contributed by atoms with E-state index in [2.05, 4.69) is 52.0 Å². The molecule has 0 aromatic rings. The third-order valence-corrected chi connectivity index (χ3v) is 4.20. The van der Waals surface area contributed by atoms with Gasteiger partial charge in [0.1, 0.15) is 0 Å². The standard InChI is InChI=1S/C14H28N2/c1-12(2,3)11-7-8-14(9-10-14)16(15-11)13(4,5)6/h11,15H,7-10H2,1-6H3. The maximum absolute atomic E-state index is 3.82. The molecule has 0 bridgehead atoms. The second kappa shape index (κ2) is 3.46. The zero-order chi connectivity index (χ0) is 12.2. The Morgan fingerprint density at radius 2 is 1.56 bits per heavy atom. The highest BCUT2D eigenvalue weighted by atomic mass is 15.6. The van der Waals surface area contributed by atoms with Crippen molar-refractivity contribution in [3.05, 3.63) is 0 Å². The van der Waals surface area contributed by atoms with E-state index in [1.54, 1.807) is 0 Å². The van der Waals surface area contributed by atoms with Gasteiger partial charge in [-0.1, -0.05) is 20.8 Å². The highest BCUT2D eigenvalue weighted by Gasteiger charge is 2.55. The molecular weight excluding hydrogens is 196 g/mol. The predicted molar refractivity (Wildman–Crippen MR) is 69.2 cm³/mol. The highest BCUT2D eigenvalue weighted by molar-refractivity contribution is 5.09. The SMILES string of the molecule is CC(C)(C)C1CCC2(CC2)N(C(C)(C)C)N1. The molecule has 0 aromatic carbocycles. The van der Waals surface area contributed by atoms with E-state index in [0.717, 1.165) is 0 Å². The first-order chi connectivity index (χ1) is 7.15. The van der Waals surface area contributed by atoms with Crippen LogP contribution in [0, 0.1) is 5.41 Å². The minimum atomic E-state index is 0.237. The van der Waals surface area contributed by atoms with Crippen molar-refractivity contribution in [3.8, 4) is 0 Å². The fourth-order valence-electron chi connectivity index (χ4n) is 3.03. The quantitative estimate of drug-likeness (QED) is 0.679. The predicted octanol–water partition coefficient (Wildman–Crippen LogP) is 3.33. The normalized spacial score (nSPS) is 30.8. The van der Waals surface area contributed by atoms with Gasteiger partial charge < -0.3 is 0 Å². The van der Waals surface area contributed by atoms with E-state index in [9.17, 15) is 0 Å². The smallest absolute Gasteiger partial charge is 0.0362 e. The summed E-state index contributed by atoms with van der Waals surface area (Å²) < 4.78 is 0. The van der Waals surface area contributed by atoms with Gasteiger partial charge in [-0.15, -0.1) is 0 Å². The van der Waals surface area contributed by atoms with Gasteiger partial charge in [-0.05, 0) is 51.9 Å². The molecule has 2 heteroatoms. The van der Waals surface area contributed by atoms with E-state index in [4.69, 9.17) is 0 Å². The molecular formula is C14H28N2. The van der Waals surface area contributed by atoms with Crippen LogP contribution >= 0.6 is 0 Å². The summed E-state index contributed by atoms with van der Waals surface area (Å²) in [6.07, 6.45) is 5.47. The van der Waals surface area contributed by atoms with Gasteiger partial charge in [-0.2, -0.15) is 0 Å². The molecule has 1 spiro atoms. The molecule has 2 fully saturated rings. The van der Waals surface area contributed by atoms with Crippen LogP contribution in [0.4, 0.5) is 0 Å². The Balaban J connectivity index is 2.14. The molecule has 16 heavy (non-hydrogen) atoms. The summed E-state index contributed by atoms with van der Waals surface area (Å²) in [4.78, 5) is 0. The maximum Gasteiger partial charge on any atom is 0.0362 e. The highest BCUT2D eigenvalue weighted by Crippen LogP contribution is 2.51. The van der Waals surface area contributed by atoms with E-state index >= 15 is 0 Å². The summed E-state index contributed by atoms with van der Waals surface area (Å²) in [5.41, 5.74) is 4.92. The molecule has 2 aliphatic rings. The Bertz CT molecular complexity index is 265. The van der Waals surface area contributed by atoms with Gasteiger partial charge in [-0.3, -0.25) is 5.43 Å². The lowest BCUT2D eigenvalue weighted by Crippen LogP contribution is -2.65. The van der Waals surface area contributed by atoms with Gasteiger partial charge in [0.05, 0.1) is 0 Å². The van der Waals surface area contributed by atoms with Crippen LogP contribution in [-0.4, -0.2) is 22.1 Å². The van der Waals surface area contributed by atoms with Crippen molar-refractivity contribution in [2.45, 2.75) is 84.3 Å². The number of rotatable bonds is 0. The fraction of sp³-hybridized carbons (Fsp3) is 1.00. The summed E-state index contributed by atoms with van der Waals surface area (Å²) in [6.45, 7) is 14.0. The van der Waals surface area contributed by atoms with Crippen molar-refractivity contribution in [3.63, 3.8) is 0 Å². The minimum Gasteiger partial charge on any atom is -0.251 e. The molecule has 94 valence electrons. The van der Waals surface area contributed by atoms with Crippen LogP contribution in [0.25, 0.3) is 0 Å². The summed E-state index contributed by atoms with van der Waals surface area (Å²) in [6, 6.07) is 0.623. The van der Waals surface area contributed by atoms with Crippen molar-refractivity contribution in [1.29, 1.82) is 0 Å². The van der Waals surface area contributed by atoms with Crippen LogP contribution in [0.15, 0.2) is 0 Å². The van der Waals surface area contributed by atoms with E-state index in [0.29, 0.717) is 17.0 Å². The van der Waals surface area contributed by atoms with Gasteiger partial charge in [0, 0.05) is 17.1 Å². The summed E-state index contributed by atoms with van der Waals surface area (Å²) in [7, 11) is 0. The van der Waals surface area contributed by atoms with Gasteiger partial charge in [-0.25, -0.2) is 5.01 Å². The molecule has 1 atom stereocenters. The molecule has 1 saturated heterocycles. The van der Waals surface area contributed by atoms with Crippen LogP contribution in [0.5, 0.6) is 0 Å². The molecule has 1 unspecified atom stereocenters. The second-order valence-electron chi connectivity index (χ2n) is 7.82. The Morgan fingerprint density at radius 1 is 1.00 bits per heavy atom. The Labute approximate surface area is 101 Å². The molecule has 2 rings (SSSR count). The van der Waals surface area contributed by atoms with E-state index in [1.165, 1.54) is 25.7 Å². The van der Waals surface area contributed by atoms with Crippen LogP contribution in [0.2, 0.25) is 0 Å². The van der Waals surface area contributed by atoms with E-state index in [-0.39, 0.29) is 5.54 Å². The molecule has 1 aliphatic carbocycles. The summed E-state index contributed by atoms with van der Waals surface area (Å²) in [5, 5.41) is 2.57. The van der Waals surface area contributed by atoms with Gasteiger partial charge in [0.25, 0.3) is 0 Å². The number of hydrogen-bond donors (Lipinski definition) is 1. The van der Waals surface area contributed by atoms with E-state index < -0.39 is 0 Å². The van der Waals surface area contributed by atoms with Crippen LogP contribution < -0.4 is 5.43 Å². The molecule has 1 saturated carbocycles. The van der Waals surface area contributed by atoms with Gasteiger partial charge in [0.15, 0.2) is 0 Å². The molecule has 0 radical (unpaired) electrons. The van der Waals surface area contributed by atoms with Crippen molar-refractivity contribution < 1.29 is 0 Å². The van der Waals surface area contributed by atoms with Crippen molar-refractivity contribution in [2.75, 3.05) is 0 Å². The van der Waals surface area contributed by atoms with Crippen molar-refractivity contribution in [1.82, 2.24) is 10.4 Å². The monoisotopic (exact) mass is 224 g/mol. The molecule has 0 amide bonds. The summed E-state index contributed by atoms with van der Waals surface area (Å²) in [5.74, 6) is 0. The Hall–Kier alpha value is -0.0800. The van der Waals surface area contributed by atoms with Crippen LogP contribution in [-0.2, 0) is 0 Å². The topological polar surface area (TPSA) is 15.3 Å². The van der Waals surface area contributed by atoms with Crippen LogP contribution in [0.1, 0.15) is 67.2 Å². The lowest BCUT2D eigenvalue weighted by Gasteiger charge is -2.51. The third-order valence-electron chi connectivity index (χ3n) is 4.20. The number of hydrazine groups is 1. The van der Waals surface area contributed by atoms with Crippen molar-refractivity contribution >= 4 is 0 Å². The first-order valence-corrected chi connectivity index (χ1v) is 6.72. The van der Waals surface area contributed by atoms with Gasteiger partial charge in [0.2, 0.25) is 0 Å². The molecule has 1 N–H and O–H groups in total. The van der Waals surface area contributed by atoms with Gasteiger partial charge >= 0.3 is 0 Å². The second-order valence-corrected chi connectivity index (χ2v) is 7.82. The Kier molecular flexibility index (Phi) is 2.67. The van der Waals surface area contributed by atoms with Crippen molar-refractivity contribution in [2.24, 2.45) is 5.41 Å². The lowest BCUT2D eigenvalue weighted by atomic mass is 9.81. The maximum atomic E-state index is 3.82. The first-order valence-electron chi connectivity index (χ1n) is 6.72. The largest absolute Gasteiger partial charge is 0.251 e.